The van der Waals surface area contributed by atoms with Crippen LogP contribution in [0.1, 0.15) is 40.0 Å². The van der Waals surface area contributed by atoms with Gasteiger partial charge in [0.2, 0.25) is 0 Å². The highest BCUT2D eigenvalue weighted by molar-refractivity contribution is 5.75. The lowest BCUT2D eigenvalue weighted by molar-refractivity contribution is -0.117. The van der Waals surface area contributed by atoms with Crippen molar-refractivity contribution in [1.29, 1.82) is 0 Å². The van der Waals surface area contributed by atoms with E-state index in [4.69, 9.17) is 0 Å². The van der Waals surface area contributed by atoms with Crippen molar-refractivity contribution in [3.8, 4) is 0 Å². The van der Waals surface area contributed by atoms with E-state index >= 15 is 0 Å². The second kappa shape index (κ2) is 5.92. The van der Waals surface area contributed by atoms with E-state index in [0.717, 1.165) is 19.1 Å². The van der Waals surface area contributed by atoms with Crippen LogP contribution in [0.3, 0.4) is 0 Å². The van der Waals surface area contributed by atoms with Crippen molar-refractivity contribution in [2.24, 2.45) is 11.8 Å². The van der Waals surface area contributed by atoms with Gasteiger partial charge in [-0.3, -0.25) is 0 Å². The average molecular weight is 170 g/mol. The Kier molecular flexibility index (Phi) is 5.60. The van der Waals surface area contributed by atoms with Gasteiger partial charge in [-0.25, -0.2) is 0 Å². The number of Topliss-reactive ketones (excluding diaryl/α,β-unsaturated/α-hetero) is 1. The van der Waals surface area contributed by atoms with Crippen LogP contribution in [0.5, 0.6) is 0 Å². The van der Waals surface area contributed by atoms with Gasteiger partial charge in [-0.15, -0.1) is 0 Å². The molecule has 0 saturated heterocycles. The monoisotopic (exact) mass is 170 g/mol. The first-order valence-corrected chi connectivity index (χ1v) is 4.52. The number of rotatable bonds is 6. The van der Waals surface area contributed by atoms with Crippen LogP contribution in [0, 0.1) is 11.8 Å². The van der Waals surface area contributed by atoms with E-state index in [1.807, 2.05) is 13.8 Å². The molecule has 0 aliphatic carbocycles. The molecule has 1 unspecified atom stereocenters. The molecular weight excluding hydrogens is 152 g/mol. The van der Waals surface area contributed by atoms with Crippen molar-refractivity contribution < 1.29 is 9.59 Å². The van der Waals surface area contributed by atoms with Crippen LogP contribution in [-0.2, 0) is 9.59 Å². The van der Waals surface area contributed by atoms with Crippen LogP contribution in [0.4, 0.5) is 0 Å². The zero-order valence-electron chi connectivity index (χ0n) is 8.17. The number of ketones is 1. The minimum Gasteiger partial charge on any atom is -0.303 e. The molecule has 0 fully saturated rings. The highest BCUT2D eigenvalue weighted by Gasteiger charge is 2.11. The second-order valence-electron chi connectivity index (χ2n) is 3.64. The van der Waals surface area contributed by atoms with E-state index in [1.54, 1.807) is 6.92 Å². The van der Waals surface area contributed by atoms with E-state index < -0.39 is 0 Å². The molecule has 70 valence electrons. The van der Waals surface area contributed by atoms with Crippen LogP contribution >= 0.6 is 0 Å². The fraction of sp³-hybridized carbons (Fsp3) is 0.800. The largest absolute Gasteiger partial charge is 0.303 e. The molecule has 0 radical (unpaired) electrons. The van der Waals surface area contributed by atoms with Crippen molar-refractivity contribution in [1.82, 2.24) is 0 Å². The zero-order valence-corrected chi connectivity index (χ0v) is 8.17. The fourth-order valence-corrected chi connectivity index (χ4v) is 1.15. The van der Waals surface area contributed by atoms with Gasteiger partial charge in [0.05, 0.1) is 0 Å². The molecule has 0 aliphatic rings. The lowest BCUT2D eigenvalue weighted by atomic mass is 9.92. The number of hydrogen-bond donors (Lipinski definition) is 0. The summed E-state index contributed by atoms with van der Waals surface area (Å²) in [6, 6.07) is 0. The molecule has 0 amide bonds. The van der Waals surface area contributed by atoms with Crippen molar-refractivity contribution in [3.63, 3.8) is 0 Å². The minimum absolute atomic E-state index is 0.129. The maximum atomic E-state index is 10.6. The second-order valence-corrected chi connectivity index (χ2v) is 3.64. The summed E-state index contributed by atoms with van der Waals surface area (Å²) in [6.45, 7) is 5.66. The van der Waals surface area contributed by atoms with Gasteiger partial charge >= 0.3 is 0 Å². The Morgan fingerprint density at radius 1 is 1.42 bits per heavy atom. The summed E-state index contributed by atoms with van der Waals surface area (Å²) in [5.41, 5.74) is 0. The van der Waals surface area contributed by atoms with Crippen LogP contribution in [-0.4, -0.2) is 12.1 Å². The van der Waals surface area contributed by atoms with Crippen molar-refractivity contribution in [2.45, 2.75) is 40.0 Å². The molecule has 0 spiro atoms. The molecule has 0 rings (SSSR count). The molecular formula is C10H18O2. The third-order valence-electron chi connectivity index (χ3n) is 2.10. The number of carbonyl (C=O) groups excluding carboxylic acids is 2. The number of carbonyl (C=O) groups is 2. The predicted octanol–water partition coefficient (Wildman–Crippen LogP) is 2.22. The highest BCUT2D eigenvalue weighted by atomic mass is 16.1. The first kappa shape index (κ1) is 11.3. The first-order valence-electron chi connectivity index (χ1n) is 4.52. The van der Waals surface area contributed by atoms with Crippen LogP contribution < -0.4 is 0 Å². The maximum absolute atomic E-state index is 10.6. The van der Waals surface area contributed by atoms with E-state index in [9.17, 15) is 9.59 Å². The quantitative estimate of drug-likeness (QED) is 0.573. The summed E-state index contributed by atoms with van der Waals surface area (Å²) in [7, 11) is 0. The SMILES string of the molecule is CC(=O)CCCC(C=O)C(C)C. The fourth-order valence-electron chi connectivity index (χ4n) is 1.15. The lowest BCUT2D eigenvalue weighted by Gasteiger charge is -2.12. The molecule has 0 bridgehead atoms. The van der Waals surface area contributed by atoms with E-state index in [2.05, 4.69) is 0 Å². The first-order chi connectivity index (χ1) is 5.57. The maximum Gasteiger partial charge on any atom is 0.129 e. The number of aldehydes is 1. The molecule has 0 aliphatic heterocycles. The Hall–Kier alpha value is -0.660. The topological polar surface area (TPSA) is 34.1 Å². The minimum atomic E-state index is 0.129. The van der Waals surface area contributed by atoms with E-state index in [0.29, 0.717) is 12.3 Å². The summed E-state index contributed by atoms with van der Waals surface area (Å²) >= 11 is 0. The van der Waals surface area contributed by atoms with Crippen molar-refractivity contribution in [3.05, 3.63) is 0 Å². The molecule has 2 heteroatoms. The standard InChI is InChI=1S/C10H18O2/c1-8(2)10(7-11)6-4-5-9(3)12/h7-8,10H,4-6H2,1-3H3. The van der Waals surface area contributed by atoms with E-state index in [1.165, 1.54) is 0 Å². The molecule has 0 saturated carbocycles. The summed E-state index contributed by atoms with van der Waals surface area (Å²) < 4.78 is 0. The Bertz CT molecular complexity index is 150. The number of hydrogen-bond acceptors (Lipinski definition) is 2. The van der Waals surface area contributed by atoms with Gasteiger partial charge in [-0.2, -0.15) is 0 Å². The summed E-state index contributed by atoms with van der Waals surface area (Å²) in [5.74, 6) is 0.738. The smallest absolute Gasteiger partial charge is 0.129 e. The normalized spacial score (nSPS) is 13.0. The molecule has 12 heavy (non-hydrogen) atoms. The Balaban J connectivity index is 3.58. The van der Waals surface area contributed by atoms with Crippen LogP contribution in [0.15, 0.2) is 0 Å². The average Bonchev–Trinajstić information content (AvgIpc) is 1.96. The van der Waals surface area contributed by atoms with Gasteiger partial charge in [-0.05, 0) is 25.7 Å². The zero-order chi connectivity index (χ0) is 9.56. The highest BCUT2D eigenvalue weighted by Crippen LogP contribution is 2.15. The van der Waals surface area contributed by atoms with Crippen molar-refractivity contribution >= 4 is 12.1 Å². The van der Waals surface area contributed by atoms with Crippen LogP contribution in [0.25, 0.3) is 0 Å². The summed E-state index contributed by atoms with van der Waals surface area (Å²) in [5, 5.41) is 0. The van der Waals surface area contributed by atoms with Gasteiger partial charge in [0.15, 0.2) is 0 Å². The predicted molar refractivity (Wildman–Crippen MR) is 48.9 cm³/mol. The molecule has 0 aromatic rings. The molecule has 2 nitrogen and oxygen atoms in total. The molecule has 0 aromatic carbocycles. The Morgan fingerprint density at radius 3 is 2.33 bits per heavy atom. The summed E-state index contributed by atoms with van der Waals surface area (Å²) in [4.78, 5) is 21.1. The van der Waals surface area contributed by atoms with Gasteiger partial charge in [-0.1, -0.05) is 13.8 Å². The van der Waals surface area contributed by atoms with Gasteiger partial charge in [0.25, 0.3) is 0 Å². The molecule has 1 atom stereocenters. The molecule has 0 aromatic heterocycles. The molecule has 0 heterocycles. The third kappa shape index (κ3) is 5.05. The van der Waals surface area contributed by atoms with Gasteiger partial charge in [0.1, 0.15) is 12.1 Å². The van der Waals surface area contributed by atoms with E-state index in [-0.39, 0.29) is 11.7 Å². The van der Waals surface area contributed by atoms with Gasteiger partial charge < -0.3 is 9.59 Å². The Labute approximate surface area is 74.3 Å². The third-order valence-corrected chi connectivity index (χ3v) is 2.10. The van der Waals surface area contributed by atoms with Crippen LogP contribution in [0.2, 0.25) is 0 Å². The molecule has 0 N–H and O–H groups in total. The van der Waals surface area contributed by atoms with Gasteiger partial charge in [0, 0.05) is 12.3 Å². The Morgan fingerprint density at radius 2 is 2.00 bits per heavy atom. The summed E-state index contributed by atoms with van der Waals surface area (Å²) in [6.07, 6.45) is 3.31. The lowest BCUT2D eigenvalue weighted by Crippen LogP contribution is -2.10. The van der Waals surface area contributed by atoms with Crippen molar-refractivity contribution in [2.75, 3.05) is 0 Å².